The van der Waals surface area contributed by atoms with Crippen LogP contribution in [0.5, 0.6) is 0 Å². The van der Waals surface area contributed by atoms with Crippen molar-refractivity contribution in [2.45, 2.75) is 31.7 Å². The lowest BCUT2D eigenvalue weighted by Gasteiger charge is -2.22. The Kier molecular flexibility index (Phi) is 3.04. The summed E-state index contributed by atoms with van der Waals surface area (Å²) in [5, 5.41) is 11.0. The van der Waals surface area contributed by atoms with Gasteiger partial charge in [0.25, 0.3) is 0 Å². The molecule has 0 aromatic heterocycles. The lowest BCUT2D eigenvalue weighted by atomic mass is 9.83. The van der Waals surface area contributed by atoms with Crippen molar-refractivity contribution in [3.8, 4) is 0 Å². The Labute approximate surface area is 94.9 Å². The summed E-state index contributed by atoms with van der Waals surface area (Å²) in [5.74, 6) is 0.0283. The van der Waals surface area contributed by atoms with Crippen LogP contribution in [0.25, 0.3) is 0 Å². The molecule has 0 heterocycles. The van der Waals surface area contributed by atoms with Crippen LogP contribution in [0.1, 0.15) is 29.9 Å². The molecule has 2 rings (SSSR count). The molecule has 0 saturated heterocycles. The molecule has 1 aliphatic rings. The Balaban J connectivity index is 2.27. The highest BCUT2D eigenvalue weighted by Crippen LogP contribution is 2.31. The number of rotatable bonds is 2. The zero-order chi connectivity index (χ0) is 11.5. The Morgan fingerprint density at radius 2 is 1.81 bits per heavy atom. The number of hydrogen-bond donors (Lipinski definition) is 0. The van der Waals surface area contributed by atoms with E-state index in [0.29, 0.717) is 6.42 Å². The molecule has 0 amide bonds. The van der Waals surface area contributed by atoms with E-state index in [9.17, 15) is 10.1 Å². The second kappa shape index (κ2) is 4.47. The lowest BCUT2D eigenvalue weighted by molar-refractivity contribution is -0.526. The van der Waals surface area contributed by atoms with Gasteiger partial charge in [-0.15, -0.1) is 0 Å². The summed E-state index contributed by atoms with van der Waals surface area (Å²) >= 11 is 0. The van der Waals surface area contributed by atoms with Gasteiger partial charge in [0.1, 0.15) is 0 Å². The van der Waals surface area contributed by atoms with E-state index in [1.807, 2.05) is 43.3 Å². The van der Waals surface area contributed by atoms with Gasteiger partial charge in [-0.2, -0.15) is 0 Å². The number of hydrogen-bond acceptors (Lipinski definition) is 2. The third kappa shape index (κ3) is 2.13. The molecule has 84 valence electrons. The standard InChI is InChI=1S/C13H15NO2/c1-10-6-8-11(9-7-10)12-4-2-3-5-13(12)14(15)16/h2-3,6-9,12-13H,4-5H2,1H3/t12-,13-/m0/s1. The molecule has 3 heteroatoms. The first-order chi connectivity index (χ1) is 7.68. The van der Waals surface area contributed by atoms with E-state index in [2.05, 4.69) is 0 Å². The molecule has 16 heavy (non-hydrogen) atoms. The van der Waals surface area contributed by atoms with Crippen LogP contribution in [-0.4, -0.2) is 11.0 Å². The molecule has 1 aromatic rings. The van der Waals surface area contributed by atoms with E-state index in [0.717, 1.165) is 12.0 Å². The molecule has 0 bridgehead atoms. The third-order valence-corrected chi connectivity index (χ3v) is 3.18. The van der Waals surface area contributed by atoms with Gasteiger partial charge < -0.3 is 0 Å². The van der Waals surface area contributed by atoms with Gasteiger partial charge in [0.2, 0.25) is 6.04 Å². The number of aryl methyl sites for hydroxylation is 1. The Morgan fingerprint density at radius 1 is 1.19 bits per heavy atom. The normalized spacial score (nSPS) is 24.3. The molecule has 2 atom stereocenters. The highest BCUT2D eigenvalue weighted by atomic mass is 16.6. The molecular weight excluding hydrogens is 202 g/mol. The van der Waals surface area contributed by atoms with Crippen molar-refractivity contribution in [1.29, 1.82) is 0 Å². The topological polar surface area (TPSA) is 43.1 Å². The van der Waals surface area contributed by atoms with Crippen molar-refractivity contribution < 1.29 is 4.92 Å². The van der Waals surface area contributed by atoms with Crippen LogP contribution in [0.2, 0.25) is 0 Å². The summed E-state index contributed by atoms with van der Waals surface area (Å²) in [7, 11) is 0. The van der Waals surface area contributed by atoms with E-state index in [1.165, 1.54) is 5.56 Å². The van der Waals surface area contributed by atoms with Gasteiger partial charge in [0.05, 0.1) is 5.92 Å². The van der Waals surface area contributed by atoms with Crippen molar-refractivity contribution in [2.75, 3.05) is 0 Å². The first kappa shape index (κ1) is 10.9. The van der Waals surface area contributed by atoms with Crippen LogP contribution < -0.4 is 0 Å². The first-order valence-corrected chi connectivity index (χ1v) is 5.53. The smallest absolute Gasteiger partial charge is 0.223 e. The average molecular weight is 217 g/mol. The van der Waals surface area contributed by atoms with Gasteiger partial charge in [0, 0.05) is 11.3 Å². The summed E-state index contributed by atoms with van der Waals surface area (Å²) in [5.41, 5.74) is 2.27. The number of benzene rings is 1. The zero-order valence-corrected chi connectivity index (χ0v) is 9.30. The van der Waals surface area contributed by atoms with Gasteiger partial charge in [-0.1, -0.05) is 42.0 Å². The number of nitrogens with zero attached hydrogens (tertiary/aromatic N) is 1. The molecule has 3 nitrogen and oxygen atoms in total. The average Bonchev–Trinajstić information content (AvgIpc) is 2.30. The van der Waals surface area contributed by atoms with Crippen LogP contribution in [-0.2, 0) is 0 Å². The summed E-state index contributed by atoms with van der Waals surface area (Å²) in [6.45, 7) is 2.02. The molecule has 1 aromatic carbocycles. The van der Waals surface area contributed by atoms with E-state index in [-0.39, 0.29) is 10.8 Å². The summed E-state index contributed by atoms with van der Waals surface area (Å²) in [6.07, 6.45) is 5.28. The lowest BCUT2D eigenvalue weighted by Crippen LogP contribution is -2.28. The fraction of sp³-hybridized carbons (Fsp3) is 0.385. The van der Waals surface area contributed by atoms with Crippen LogP contribution in [0, 0.1) is 17.0 Å². The van der Waals surface area contributed by atoms with Crippen molar-refractivity contribution in [1.82, 2.24) is 0 Å². The maximum absolute atomic E-state index is 11.0. The van der Waals surface area contributed by atoms with Crippen molar-refractivity contribution >= 4 is 0 Å². The number of nitro groups is 1. The molecule has 0 N–H and O–H groups in total. The van der Waals surface area contributed by atoms with Crippen LogP contribution in [0.4, 0.5) is 0 Å². The minimum atomic E-state index is -0.465. The Hall–Kier alpha value is -1.64. The minimum absolute atomic E-state index is 0.0283. The molecule has 0 saturated carbocycles. The highest BCUT2D eigenvalue weighted by Gasteiger charge is 2.32. The Bertz CT molecular complexity index is 408. The van der Waals surface area contributed by atoms with Crippen LogP contribution in [0.3, 0.4) is 0 Å². The second-order valence-corrected chi connectivity index (χ2v) is 4.31. The van der Waals surface area contributed by atoms with Crippen molar-refractivity contribution in [2.24, 2.45) is 0 Å². The van der Waals surface area contributed by atoms with Crippen LogP contribution >= 0.6 is 0 Å². The van der Waals surface area contributed by atoms with E-state index < -0.39 is 6.04 Å². The van der Waals surface area contributed by atoms with E-state index in [4.69, 9.17) is 0 Å². The highest BCUT2D eigenvalue weighted by molar-refractivity contribution is 5.27. The molecular formula is C13H15NO2. The molecule has 0 fully saturated rings. The quantitative estimate of drug-likeness (QED) is 0.434. The maximum Gasteiger partial charge on any atom is 0.223 e. The van der Waals surface area contributed by atoms with E-state index >= 15 is 0 Å². The SMILES string of the molecule is Cc1ccc([C@@H]2CC=CC[C@@H]2[N+](=O)[O-])cc1. The summed E-state index contributed by atoms with van der Waals surface area (Å²) in [6, 6.07) is 7.59. The molecule has 0 spiro atoms. The molecule has 0 unspecified atom stereocenters. The number of allylic oxidation sites excluding steroid dienone is 1. The van der Waals surface area contributed by atoms with Gasteiger partial charge >= 0.3 is 0 Å². The fourth-order valence-electron chi connectivity index (χ4n) is 2.20. The largest absolute Gasteiger partial charge is 0.264 e. The zero-order valence-electron chi connectivity index (χ0n) is 9.30. The monoisotopic (exact) mass is 217 g/mol. The van der Waals surface area contributed by atoms with Crippen molar-refractivity contribution in [3.63, 3.8) is 0 Å². The van der Waals surface area contributed by atoms with Crippen molar-refractivity contribution in [3.05, 3.63) is 57.7 Å². The van der Waals surface area contributed by atoms with Gasteiger partial charge in [0.15, 0.2) is 0 Å². The predicted octanol–water partition coefficient (Wildman–Crippen LogP) is 3.07. The van der Waals surface area contributed by atoms with Gasteiger partial charge in [-0.25, -0.2) is 0 Å². The molecule has 0 radical (unpaired) electrons. The fourth-order valence-corrected chi connectivity index (χ4v) is 2.20. The first-order valence-electron chi connectivity index (χ1n) is 5.53. The molecule has 1 aliphatic carbocycles. The summed E-state index contributed by atoms with van der Waals surface area (Å²) < 4.78 is 0. The van der Waals surface area contributed by atoms with Gasteiger partial charge in [-0.3, -0.25) is 10.1 Å². The third-order valence-electron chi connectivity index (χ3n) is 3.18. The maximum atomic E-state index is 11.0. The molecule has 0 aliphatic heterocycles. The second-order valence-electron chi connectivity index (χ2n) is 4.31. The van der Waals surface area contributed by atoms with E-state index in [1.54, 1.807) is 0 Å². The summed E-state index contributed by atoms with van der Waals surface area (Å²) in [4.78, 5) is 10.8. The predicted molar refractivity (Wildman–Crippen MR) is 63.1 cm³/mol. The van der Waals surface area contributed by atoms with Crippen LogP contribution in [0.15, 0.2) is 36.4 Å². The van der Waals surface area contributed by atoms with Gasteiger partial charge in [-0.05, 0) is 18.9 Å². The Morgan fingerprint density at radius 3 is 2.44 bits per heavy atom. The minimum Gasteiger partial charge on any atom is -0.264 e.